The number of nitrogens with two attached hydrogens (primary N) is 1. The molecule has 454 valence electrons. The number of rotatable bonds is 20. The fourth-order valence-corrected chi connectivity index (χ4v) is 13.8. The molecule has 8 rings (SSSR count). The van der Waals surface area contributed by atoms with Crippen LogP contribution in [0.2, 0.25) is 0 Å². The number of carbonyl (C=O) groups is 2. The lowest BCUT2D eigenvalue weighted by Gasteiger charge is -2.27. The number of carbonyl (C=O) groups excluding carboxylic acids is 2. The van der Waals surface area contributed by atoms with Gasteiger partial charge in [0.2, 0.25) is 21.1 Å². The highest BCUT2D eigenvalue weighted by Gasteiger charge is 2.46. The molecule has 0 saturated heterocycles. The molecule has 0 radical (unpaired) electrons. The van der Waals surface area contributed by atoms with E-state index >= 15 is 0 Å². The quantitative estimate of drug-likeness (QED) is 0.0225. The molecule has 0 fully saturated rings. The van der Waals surface area contributed by atoms with E-state index in [4.69, 9.17) is 17.8 Å². The van der Waals surface area contributed by atoms with Crippen LogP contribution in [0.4, 0.5) is 16.5 Å². The SMILES string of the molecule is CCCC[N+]1=C(/C=C/C(=C/C=C2/N(CCCS(=O)(=O)O)c3ccc4c(S(=O)(=O)O)cc(S(=O)(=O)O)cc4c3C2(C)C)c2ccc(C(=O)NCCC(=O)Nc3nnc(S(N)(=O)=O)s3)cn2)C(C)(C)c2c1ccc1ccc(S(=O)(=O)O)cc21.O=S(=O)=O. The molecule has 4 heterocycles. The number of nitrogens with zero attached hydrogens (tertiary/aromatic N) is 5. The number of hydrogen-bond donors (Lipinski definition) is 7. The molecule has 0 saturated carbocycles. The van der Waals surface area contributed by atoms with Crippen LogP contribution in [-0.4, -0.2) is 136 Å². The first kappa shape index (κ1) is 65.5. The van der Waals surface area contributed by atoms with E-state index in [0.717, 1.165) is 41.3 Å². The first-order chi connectivity index (χ1) is 39.3. The van der Waals surface area contributed by atoms with E-state index in [2.05, 4.69) is 30.4 Å². The van der Waals surface area contributed by atoms with E-state index in [1.165, 1.54) is 36.5 Å². The average molecular weight is 1310 g/mol. The maximum absolute atomic E-state index is 13.4. The van der Waals surface area contributed by atoms with Gasteiger partial charge in [0.15, 0.2) is 5.71 Å². The summed E-state index contributed by atoms with van der Waals surface area (Å²) >= 11 is 0.546. The predicted molar refractivity (Wildman–Crippen MR) is 312 cm³/mol. The highest BCUT2D eigenvalue weighted by atomic mass is 32.3. The Balaban J connectivity index is 0.00000251. The minimum atomic E-state index is -5.10. The summed E-state index contributed by atoms with van der Waals surface area (Å²) < 4.78 is 190. The van der Waals surface area contributed by atoms with E-state index in [-0.39, 0.29) is 52.3 Å². The Morgan fingerprint density at radius 3 is 2.02 bits per heavy atom. The third kappa shape index (κ3) is 14.9. The molecule has 0 spiro atoms. The van der Waals surface area contributed by atoms with Crippen LogP contribution in [0.15, 0.2) is 122 Å². The zero-order valence-electron chi connectivity index (χ0n) is 45.5. The largest absolute Gasteiger partial charge is 0.425 e. The minimum absolute atomic E-state index is 0.0158. The summed E-state index contributed by atoms with van der Waals surface area (Å²) in [6, 6.07) is 15.8. The summed E-state index contributed by atoms with van der Waals surface area (Å²) in [5.74, 6) is -1.88. The number of allylic oxidation sites excluding steroid dienone is 6. The molecule has 4 aromatic carbocycles. The fraction of sp³-hybridized carbons (Fsp3) is 0.294. The Morgan fingerprint density at radius 1 is 0.776 bits per heavy atom. The van der Waals surface area contributed by atoms with Crippen LogP contribution in [0.3, 0.4) is 0 Å². The second-order valence-electron chi connectivity index (χ2n) is 20.3. The monoisotopic (exact) mass is 1310 g/mol. The minimum Gasteiger partial charge on any atom is -0.351 e. The van der Waals surface area contributed by atoms with Crippen molar-refractivity contribution in [1.29, 1.82) is 0 Å². The van der Waals surface area contributed by atoms with Crippen LogP contribution < -0.4 is 20.7 Å². The molecule has 8 N–H and O–H groups in total. The number of pyridine rings is 1. The summed E-state index contributed by atoms with van der Waals surface area (Å²) in [5, 5.41) is 18.2. The Bertz CT molecular complexity index is 4580. The number of benzene rings is 4. The van der Waals surface area contributed by atoms with Crippen molar-refractivity contribution in [3.05, 3.63) is 125 Å². The number of amides is 2. The molecular formula is C51H55N8O19S7+. The van der Waals surface area contributed by atoms with Gasteiger partial charge in [-0.1, -0.05) is 56.7 Å². The first-order valence-corrected chi connectivity index (χ1v) is 34.4. The number of sulfonamides is 1. The third-order valence-electron chi connectivity index (χ3n) is 13.8. The third-order valence-corrected chi connectivity index (χ3v) is 19.3. The Morgan fingerprint density at radius 2 is 1.44 bits per heavy atom. The van der Waals surface area contributed by atoms with Crippen LogP contribution >= 0.6 is 11.3 Å². The molecule has 27 nitrogen and oxygen atoms in total. The zero-order valence-corrected chi connectivity index (χ0v) is 51.2. The molecule has 0 unspecified atom stereocenters. The highest BCUT2D eigenvalue weighted by molar-refractivity contribution is 7.91. The lowest BCUT2D eigenvalue weighted by Crippen LogP contribution is -2.28. The van der Waals surface area contributed by atoms with E-state index in [9.17, 15) is 69.9 Å². The highest BCUT2D eigenvalue weighted by Crippen LogP contribution is 2.52. The lowest BCUT2D eigenvalue weighted by molar-refractivity contribution is -0.438. The van der Waals surface area contributed by atoms with Crippen molar-refractivity contribution in [2.75, 3.05) is 35.6 Å². The summed E-state index contributed by atoms with van der Waals surface area (Å²) in [6.45, 7) is 9.79. The van der Waals surface area contributed by atoms with Crippen LogP contribution in [0.5, 0.6) is 0 Å². The average Bonchev–Trinajstić information content (AvgIpc) is 1.64. The molecule has 34 heteroatoms. The van der Waals surface area contributed by atoms with Gasteiger partial charge >= 0.3 is 10.6 Å². The van der Waals surface area contributed by atoms with Crippen LogP contribution in [-0.2, 0) is 76.7 Å². The second-order valence-corrected chi connectivity index (χ2v) is 29.2. The molecule has 2 amide bonds. The van der Waals surface area contributed by atoms with Gasteiger partial charge in [0.25, 0.3) is 56.4 Å². The Kier molecular flexibility index (Phi) is 19.0. The second kappa shape index (κ2) is 24.7. The molecule has 0 atom stereocenters. The van der Waals surface area contributed by atoms with Gasteiger partial charge in [-0.2, -0.15) is 38.2 Å². The number of hydrogen-bond acceptors (Lipinski definition) is 20. The van der Waals surface area contributed by atoms with Crippen LogP contribution in [0, 0.1) is 0 Å². The molecule has 0 bridgehead atoms. The summed E-state index contributed by atoms with van der Waals surface area (Å²) in [6.07, 6.45) is 9.53. The molecule has 0 aliphatic carbocycles. The number of nitrogens with one attached hydrogen (secondary N) is 2. The lowest BCUT2D eigenvalue weighted by atomic mass is 9.79. The molecular weight excluding hydrogens is 1250 g/mol. The molecule has 2 aliphatic rings. The van der Waals surface area contributed by atoms with Crippen molar-refractivity contribution in [3.8, 4) is 0 Å². The number of anilines is 2. The maximum Gasteiger partial charge on any atom is 0.425 e. The summed E-state index contributed by atoms with van der Waals surface area (Å²) in [5.41, 5.74) is 2.29. The van der Waals surface area contributed by atoms with Gasteiger partial charge in [0, 0.05) is 77.6 Å². The van der Waals surface area contributed by atoms with Crippen molar-refractivity contribution in [3.63, 3.8) is 0 Å². The van der Waals surface area contributed by atoms with E-state index in [0.29, 0.717) is 57.5 Å². The predicted octanol–water partition coefficient (Wildman–Crippen LogP) is 5.16. The van der Waals surface area contributed by atoms with Gasteiger partial charge in [0.1, 0.15) is 11.4 Å². The zero-order chi connectivity index (χ0) is 63.0. The van der Waals surface area contributed by atoms with Crippen LogP contribution in [0.1, 0.15) is 87.5 Å². The van der Waals surface area contributed by atoms with Crippen molar-refractivity contribution in [1.82, 2.24) is 20.5 Å². The van der Waals surface area contributed by atoms with Crippen molar-refractivity contribution < 1.29 is 87.1 Å². The maximum atomic E-state index is 13.4. The summed E-state index contributed by atoms with van der Waals surface area (Å²) in [4.78, 5) is 30.5. The van der Waals surface area contributed by atoms with E-state index in [1.807, 2.05) is 39.0 Å². The number of aromatic nitrogens is 3. The van der Waals surface area contributed by atoms with E-state index < -0.39 is 104 Å². The molecule has 6 aromatic rings. The standard InChI is InChI=1S/C51H54N8O16S6.O3S/c1-6-7-23-58-39-17-11-30-9-14-33(79(67,68)69)26-36(30)45(39)50(2,3)42(58)19-12-31(38-16-10-32(29-54-38)47(61)53-22-21-44(60)55-48-56-57-49(76-48)78(52,65)66)13-20-43-51(4,5)46-37-27-34(80(70,71)72)28-41(81(73,74)75)35(37)15-18-40(46)59(43)24-8-25-77(62,63)64;1-4(2)3/h9-20,26-29H,6-8,21-25H2,1-5H3,(H7-,52,53,55,56,60,61,62,63,64,65,66,67,68,69,70,71,72,73,74,75);/p+1. The molecule has 2 aromatic heterocycles. The van der Waals surface area contributed by atoms with Crippen molar-refractivity contribution >= 4 is 134 Å². The Labute approximate surface area is 494 Å². The smallest absolute Gasteiger partial charge is 0.351 e. The Hall–Kier alpha value is -7.09. The van der Waals surface area contributed by atoms with Crippen molar-refractivity contribution in [2.45, 2.75) is 90.2 Å². The van der Waals surface area contributed by atoms with E-state index in [1.54, 1.807) is 49.1 Å². The number of fused-ring (bicyclic) bond motifs is 6. The number of primary sulfonamides is 1. The topological polar surface area (TPSA) is 432 Å². The fourth-order valence-electron chi connectivity index (χ4n) is 10.1. The van der Waals surface area contributed by atoms with Gasteiger partial charge in [-0.25, -0.2) is 13.6 Å². The van der Waals surface area contributed by atoms with Gasteiger partial charge in [-0.15, -0.1) is 22.8 Å². The van der Waals surface area contributed by atoms with Gasteiger partial charge in [-0.05, 0) is 103 Å². The number of unbranched alkanes of at least 4 members (excludes halogenated alkanes) is 1. The van der Waals surface area contributed by atoms with Crippen LogP contribution in [0.25, 0.3) is 27.1 Å². The van der Waals surface area contributed by atoms with Gasteiger partial charge < -0.3 is 15.5 Å². The molecule has 85 heavy (non-hydrogen) atoms. The van der Waals surface area contributed by atoms with Gasteiger partial charge in [-0.3, -0.25) is 32.8 Å². The summed E-state index contributed by atoms with van der Waals surface area (Å²) in [7, 11) is -26.5. The van der Waals surface area contributed by atoms with Gasteiger partial charge in [0.05, 0.1) is 32.2 Å². The first-order valence-electron chi connectivity index (χ1n) is 25.1. The molecule has 2 aliphatic heterocycles. The van der Waals surface area contributed by atoms with Crippen molar-refractivity contribution in [2.24, 2.45) is 5.14 Å². The normalized spacial score (nSPS) is 15.7.